The Morgan fingerprint density at radius 1 is 1.24 bits per heavy atom. The first-order valence-electron chi connectivity index (χ1n) is 9.46. The van der Waals surface area contributed by atoms with E-state index in [9.17, 15) is 18.0 Å². The lowest BCUT2D eigenvalue weighted by Gasteiger charge is -2.42. The smallest absolute Gasteiger partial charge is 0.353 e. The topological polar surface area (TPSA) is 62.5 Å². The summed E-state index contributed by atoms with van der Waals surface area (Å²) in [7, 11) is 0. The van der Waals surface area contributed by atoms with E-state index < -0.39 is 17.2 Å². The van der Waals surface area contributed by atoms with Crippen molar-refractivity contribution >= 4 is 36.5 Å². The maximum atomic E-state index is 13.2. The molecule has 10 heteroatoms. The lowest BCUT2D eigenvalue weighted by molar-refractivity contribution is -0.145. The number of nitrogens with two attached hydrogens (primary N) is 1. The van der Waals surface area contributed by atoms with Crippen LogP contribution in [0.4, 0.5) is 19.0 Å². The Morgan fingerprint density at radius 3 is 2.34 bits per heavy atom. The average molecular weight is 457 g/mol. The second-order valence-corrected chi connectivity index (χ2v) is 7.99. The zero-order chi connectivity index (χ0) is 19.8. The number of piperazine rings is 1. The van der Waals surface area contributed by atoms with Crippen LogP contribution in [0, 0.1) is 11.3 Å². The highest BCUT2D eigenvalue weighted by molar-refractivity contribution is 5.85. The number of anilines is 1. The molecule has 29 heavy (non-hydrogen) atoms. The number of carbonyl (C=O) groups excluding carboxylic acids is 1. The molecule has 1 aromatic rings. The van der Waals surface area contributed by atoms with Gasteiger partial charge >= 0.3 is 6.18 Å². The standard InChI is InChI=1S/C19H27F3N4O.2ClH/c1-13(2)18(5-3-15(23)12-18)17(27)26-9-7-25(8-10-26)16-11-14(4-6-24-16)19(20,21)22;;/h4,6,11,13,15H,3,5,7-10,12,23H2,1-2H3;2*1H/t15-,18+;;/m1../s1. The quantitative estimate of drug-likeness (QED) is 0.751. The molecule has 1 amide bonds. The van der Waals surface area contributed by atoms with E-state index in [-0.39, 0.29) is 42.7 Å². The number of nitrogens with zero attached hydrogens (tertiary/aromatic N) is 3. The monoisotopic (exact) mass is 456 g/mol. The minimum absolute atomic E-state index is 0. The van der Waals surface area contributed by atoms with E-state index >= 15 is 0 Å². The Morgan fingerprint density at radius 2 is 1.86 bits per heavy atom. The minimum atomic E-state index is -4.39. The van der Waals surface area contributed by atoms with Gasteiger partial charge in [0.2, 0.25) is 5.91 Å². The van der Waals surface area contributed by atoms with E-state index in [0.717, 1.165) is 25.0 Å². The lowest BCUT2D eigenvalue weighted by atomic mass is 9.74. The first kappa shape index (κ1) is 25.8. The van der Waals surface area contributed by atoms with Crippen LogP contribution in [0.25, 0.3) is 0 Å². The summed E-state index contributed by atoms with van der Waals surface area (Å²) in [5.74, 6) is 0.655. The molecule has 1 aliphatic heterocycles. The van der Waals surface area contributed by atoms with Gasteiger partial charge in [-0.25, -0.2) is 4.98 Å². The molecule has 2 aliphatic rings. The molecule has 0 aromatic carbocycles. The highest BCUT2D eigenvalue weighted by Crippen LogP contribution is 2.45. The molecule has 0 bridgehead atoms. The highest BCUT2D eigenvalue weighted by Gasteiger charge is 2.48. The van der Waals surface area contributed by atoms with Gasteiger partial charge in [-0.1, -0.05) is 13.8 Å². The SMILES string of the molecule is CC(C)[C@]1(C(=O)N2CCN(c3cc(C(F)(F)F)ccn3)CC2)CC[C@@H](N)C1.Cl.Cl. The second-order valence-electron chi connectivity index (χ2n) is 7.99. The molecule has 1 aromatic heterocycles. The van der Waals surface area contributed by atoms with Crippen LogP contribution in [0.1, 0.15) is 38.7 Å². The third-order valence-electron chi connectivity index (χ3n) is 6.08. The van der Waals surface area contributed by atoms with Gasteiger partial charge in [0.1, 0.15) is 5.82 Å². The summed E-state index contributed by atoms with van der Waals surface area (Å²) < 4.78 is 38.7. The van der Waals surface area contributed by atoms with Gasteiger partial charge in [0, 0.05) is 38.4 Å². The number of pyridine rings is 1. The Hall–Kier alpha value is -1.25. The Bertz CT molecular complexity index is 696. The molecule has 166 valence electrons. The van der Waals surface area contributed by atoms with Gasteiger partial charge < -0.3 is 15.5 Å². The van der Waals surface area contributed by atoms with Crippen LogP contribution in [0.3, 0.4) is 0 Å². The molecule has 2 N–H and O–H groups in total. The lowest BCUT2D eigenvalue weighted by Crippen LogP contribution is -2.54. The molecule has 5 nitrogen and oxygen atoms in total. The van der Waals surface area contributed by atoms with E-state index in [1.165, 1.54) is 6.20 Å². The molecule has 2 heterocycles. The number of hydrogen-bond donors (Lipinski definition) is 1. The summed E-state index contributed by atoms with van der Waals surface area (Å²) in [6, 6.07) is 2.11. The Kier molecular flexibility index (Phi) is 8.63. The summed E-state index contributed by atoms with van der Waals surface area (Å²) in [5.41, 5.74) is 4.97. The molecule has 1 aliphatic carbocycles. The number of rotatable bonds is 3. The molecule has 0 unspecified atom stereocenters. The van der Waals surface area contributed by atoms with Crippen molar-refractivity contribution in [1.29, 1.82) is 0 Å². The molecule has 2 atom stereocenters. The van der Waals surface area contributed by atoms with Gasteiger partial charge in [-0.05, 0) is 37.3 Å². The first-order valence-corrected chi connectivity index (χ1v) is 9.46. The summed E-state index contributed by atoms with van der Waals surface area (Å²) in [4.78, 5) is 21.0. The predicted octanol–water partition coefficient (Wildman–Crippen LogP) is 3.75. The zero-order valence-corrected chi connectivity index (χ0v) is 18.2. The fourth-order valence-corrected chi connectivity index (χ4v) is 4.30. The van der Waals surface area contributed by atoms with Crippen LogP contribution in [0.15, 0.2) is 18.3 Å². The number of halogens is 5. The molecular weight excluding hydrogens is 428 g/mol. The van der Waals surface area contributed by atoms with Crippen LogP contribution in [-0.2, 0) is 11.0 Å². The van der Waals surface area contributed by atoms with Crippen molar-refractivity contribution in [1.82, 2.24) is 9.88 Å². The highest BCUT2D eigenvalue weighted by atomic mass is 35.5. The number of hydrogen-bond acceptors (Lipinski definition) is 4. The van der Waals surface area contributed by atoms with Crippen molar-refractivity contribution in [2.24, 2.45) is 17.1 Å². The van der Waals surface area contributed by atoms with E-state index in [0.29, 0.717) is 38.4 Å². The van der Waals surface area contributed by atoms with Gasteiger partial charge in [-0.3, -0.25) is 4.79 Å². The van der Waals surface area contributed by atoms with Crippen molar-refractivity contribution in [2.75, 3.05) is 31.1 Å². The fourth-order valence-electron chi connectivity index (χ4n) is 4.30. The van der Waals surface area contributed by atoms with Crippen molar-refractivity contribution < 1.29 is 18.0 Å². The summed E-state index contributed by atoms with van der Waals surface area (Å²) >= 11 is 0. The van der Waals surface area contributed by atoms with E-state index in [1.54, 1.807) is 4.90 Å². The van der Waals surface area contributed by atoms with E-state index in [4.69, 9.17) is 5.73 Å². The zero-order valence-electron chi connectivity index (χ0n) is 16.6. The number of aromatic nitrogens is 1. The van der Waals surface area contributed by atoms with E-state index in [1.807, 2.05) is 4.90 Å². The average Bonchev–Trinajstić information content (AvgIpc) is 3.04. The van der Waals surface area contributed by atoms with Crippen molar-refractivity contribution in [3.63, 3.8) is 0 Å². The molecule has 1 saturated carbocycles. The van der Waals surface area contributed by atoms with Crippen LogP contribution in [0.5, 0.6) is 0 Å². The van der Waals surface area contributed by atoms with Gasteiger partial charge in [-0.15, -0.1) is 24.8 Å². The van der Waals surface area contributed by atoms with Crippen LogP contribution in [-0.4, -0.2) is 48.0 Å². The van der Waals surface area contributed by atoms with Crippen LogP contribution < -0.4 is 10.6 Å². The Labute approximate surface area is 182 Å². The van der Waals surface area contributed by atoms with E-state index in [2.05, 4.69) is 18.8 Å². The molecular formula is C19H29Cl2F3N4O. The number of carbonyl (C=O) groups is 1. The van der Waals surface area contributed by atoms with Crippen molar-refractivity contribution in [3.8, 4) is 0 Å². The van der Waals surface area contributed by atoms with Gasteiger partial charge in [0.25, 0.3) is 0 Å². The summed E-state index contributed by atoms with van der Waals surface area (Å²) in [6.45, 7) is 6.05. The molecule has 2 fully saturated rings. The normalized spacial score (nSPS) is 24.9. The number of amides is 1. The molecule has 0 spiro atoms. The number of alkyl halides is 3. The fraction of sp³-hybridized carbons (Fsp3) is 0.684. The predicted molar refractivity (Wildman–Crippen MR) is 112 cm³/mol. The summed E-state index contributed by atoms with van der Waals surface area (Å²) in [5, 5.41) is 0. The largest absolute Gasteiger partial charge is 0.416 e. The van der Waals surface area contributed by atoms with Crippen molar-refractivity contribution in [3.05, 3.63) is 23.9 Å². The molecule has 3 rings (SSSR count). The maximum absolute atomic E-state index is 13.2. The molecule has 1 saturated heterocycles. The third-order valence-corrected chi connectivity index (χ3v) is 6.08. The second kappa shape index (κ2) is 9.71. The van der Waals surface area contributed by atoms with Crippen LogP contribution >= 0.6 is 24.8 Å². The Balaban J connectivity index is 0.00000210. The van der Waals surface area contributed by atoms with Gasteiger partial charge in [-0.2, -0.15) is 13.2 Å². The first-order chi connectivity index (χ1) is 12.6. The van der Waals surface area contributed by atoms with Crippen molar-refractivity contribution in [2.45, 2.75) is 45.3 Å². The summed E-state index contributed by atoms with van der Waals surface area (Å²) in [6.07, 6.45) is -0.833. The van der Waals surface area contributed by atoms with Crippen LogP contribution in [0.2, 0.25) is 0 Å². The van der Waals surface area contributed by atoms with Gasteiger partial charge in [0.05, 0.1) is 11.0 Å². The van der Waals surface area contributed by atoms with Gasteiger partial charge in [0.15, 0.2) is 0 Å². The third kappa shape index (κ3) is 5.27. The minimum Gasteiger partial charge on any atom is -0.353 e. The maximum Gasteiger partial charge on any atom is 0.416 e. The molecule has 0 radical (unpaired) electrons.